The standard InChI is InChI=1S/C24H25F3N4O/c1-3-31(22-10-11-28-21-16-18(24(25,26)27)6-9-20(21)22)19-7-4-17(5-8-19)23(32)30-14-12-29(2)13-15-30/h4-11,16H,3,12-15H2,1-2H3. The van der Waals surface area contributed by atoms with Crippen molar-refractivity contribution in [1.82, 2.24) is 14.8 Å². The lowest BCUT2D eigenvalue weighted by molar-refractivity contribution is -0.137. The number of hydrogen-bond acceptors (Lipinski definition) is 4. The minimum atomic E-state index is -4.41. The zero-order valence-electron chi connectivity index (χ0n) is 18.1. The number of amides is 1. The second-order valence-corrected chi connectivity index (χ2v) is 7.95. The van der Waals surface area contributed by atoms with Crippen molar-refractivity contribution in [3.05, 3.63) is 65.9 Å². The molecular formula is C24H25F3N4O. The summed E-state index contributed by atoms with van der Waals surface area (Å²) in [6.07, 6.45) is -2.89. The van der Waals surface area contributed by atoms with Gasteiger partial charge in [0.05, 0.1) is 16.8 Å². The Balaban J connectivity index is 1.61. The van der Waals surface area contributed by atoms with Crippen molar-refractivity contribution in [2.24, 2.45) is 0 Å². The van der Waals surface area contributed by atoms with Crippen molar-refractivity contribution < 1.29 is 18.0 Å². The lowest BCUT2D eigenvalue weighted by Gasteiger charge is -2.32. The maximum absolute atomic E-state index is 13.1. The molecule has 4 rings (SSSR count). The Labute approximate surface area is 185 Å². The maximum atomic E-state index is 13.1. The monoisotopic (exact) mass is 442 g/mol. The highest BCUT2D eigenvalue weighted by Gasteiger charge is 2.31. The number of aromatic nitrogens is 1. The predicted octanol–water partition coefficient (Wildman–Crippen LogP) is 4.80. The number of likely N-dealkylation sites (N-methyl/N-ethyl adjacent to an activating group) is 1. The van der Waals surface area contributed by atoms with Gasteiger partial charge in [0.1, 0.15) is 0 Å². The molecule has 5 nitrogen and oxygen atoms in total. The van der Waals surface area contributed by atoms with Crippen molar-refractivity contribution in [2.45, 2.75) is 13.1 Å². The van der Waals surface area contributed by atoms with Crippen LogP contribution < -0.4 is 4.90 Å². The number of halogens is 3. The largest absolute Gasteiger partial charge is 0.416 e. The van der Waals surface area contributed by atoms with Gasteiger partial charge in [-0.1, -0.05) is 6.07 Å². The van der Waals surface area contributed by atoms with Crippen LogP contribution in [0, 0.1) is 0 Å². The molecule has 0 atom stereocenters. The normalized spacial score (nSPS) is 15.2. The van der Waals surface area contributed by atoms with Crippen LogP contribution in [0.2, 0.25) is 0 Å². The van der Waals surface area contributed by atoms with Crippen LogP contribution >= 0.6 is 0 Å². The number of piperazine rings is 1. The first kappa shape index (κ1) is 22.1. The van der Waals surface area contributed by atoms with Gasteiger partial charge >= 0.3 is 6.18 Å². The number of pyridine rings is 1. The van der Waals surface area contributed by atoms with Gasteiger partial charge in [-0.15, -0.1) is 0 Å². The lowest BCUT2D eigenvalue weighted by Crippen LogP contribution is -2.47. The Hall–Kier alpha value is -3.13. The fourth-order valence-electron chi connectivity index (χ4n) is 4.01. The minimum absolute atomic E-state index is 0.0155. The highest BCUT2D eigenvalue weighted by molar-refractivity contribution is 5.96. The summed E-state index contributed by atoms with van der Waals surface area (Å²) < 4.78 is 39.3. The molecule has 1 fully saturated rings. The number of fused-ring (bicyclic) bond motifs is 1. The SMILES string of the molecule is CCN(c1ccc(C(=O)N2CCN(C)CC2)cc1)c1ccnc2cc(C(F)(F)F)ccc12. The van der Waals surface area contributed by atoms with E-state index >= 15 is 0 Å². The van der Waals surface area contributed by atoms with Gasteiger partial charge in [0.2, 0.25) is 0 Å². The van der Waals surface area contributed by atoms with Gasteiger partial charge in [-0.25, -0.2) is 0 Å². The summed E-state index contributed by atoms with van der Waals surface area (Å²) in [5, 5.41) is 0.639. The molecule has 0 aliphatic carbocycles. The summed E-state index contributed by atoms with van der Waals surface area (Å²) in [6.45, 7) is 5.71. The number of anilines is 2. The van der Waals surface area contributed by atoms with Crippen LogP contribution in [0.1, 0.15) is 22.8 Å². The molecule has 0 unspecified atom stereocenters. The molecule has 1 aromatic heterocycles. The van der Waals surface area contributed by atoms with Crippen molar-refractivity contribution in [1.29, 1.82) is 0 Å². The van der Waals surface area contributed by atoms with Gasteiger partial charge in [0.15, 0.2) is 0 Å². The highest BCUT2D eigenvalue weighted by Crippen LogP contribution is 2.35. The second-order valence-electron chi connectivity index (χ2n) is 7.95. The van der Waals surface area contributed by atoms with Gasteiger partial charge in [-0.3, -0.25) is 9.78 Å². The third-order valence-corrected chi connectivity index (χ3v) is 5.87. The van der Waals surface area contributed by atoms with E-state index in [9.17, 15) is 18.0 Å². The topological polar surface area (TPSA) is 39.7 Å². The van der Waals surface area contributed by atoms with Crippen LogP contribution in [0.25, 0.3) is 10.9 Å². The number of rotatable bonds is 4. The number of hydrogen-bond donors (Lipinski definition) is 0. The van der Waals surface area contributed by atoms with Crippen LogP contribution in [-0.2, 0) is 6.18 Å². The molecule has 0 spiro atoms. The fourth-order valence-corrected chi connectivity index (χ4v) is 4.01. The first-order chi connectivity index (χ1) is 15.3. The van der Waals surface area contributed by atoms with E-state index in [2.05, 4.69) is 9.88 Å². The summed E-state index contributed by atoms with van der Waals surface area (Å²) in [5.74, 6) is 0.0155. The van der Waals surface area contributed by atoms with Crippen molar-refractivity contribution >= 4 is 28.2 Å². The van der Waals surface area contributed by atoms with E-state index in [1.54, 1.807) is 6.07 Å². The molecule has 168 valence electrons. The molecule has 0 N–H and O–H groups in total. The van der Waals surface area contributed by atoms with Crippen molar-refractivity contribution in [2.75, 3.05) is 44.7 Å². The van der Waals surface area contributed by atoms with E-state index in [0.717, 1.165) is 36.6 Å². The third kappa shape index (κ3) is 4.41. The van der Waals surface area contributed by atoms with E-state index in [4.69, 9.17) is 0 Å². The molecule has 32 heavy (non-hydrogen) atoms. The van der Waals surface area contributed by atoms with Gasteiger partial charge in [-0.2, -0.15) is 13.2 Å². The zero-order chi connectivity index (χ0) is 22.9. The fraction of sp³-hybridized carbons (Fsp3) is 0.333. The Bertz CT molecular complexity index is 1110. The number of alkyl halides is 3. The Morgan fingerprint density at radius 3 is 2.34 bits per heavy atom. The summed E-state index contributed by atoms with van der Waals surface area (Å²) in [5.41, 5.74) is 1.82. The number of carbonyl (C=O) groups excluding carboxylic acids is 1. The molecular weight excluding hydrogens is 417 g/mol. The molecule has 0 bridgehead atoms. The van der Waals surface area contributed by atoms with E-state index in [-0.39, 0.29) is 11.4 Å². The molecule has 3 aromatic rings. The summed E-state index contributed by atoms with van der Waals surface area (Å²) in [6, 6.07) is 12.8. The highest BCUT2D eigenvalue weighted by atomic mass is 19.4. The number of nitrogens with zero attached hydrogens (tertiary/aromatic N) is 4. The average molecular weight is 442 g/mol. The van der Waals surface area contributed by atoms with Gasteiger partial charge in [0.25, 0.3) is 5.91 Å². The molecule has 0 radical (unpaired) electrons. The van der Waals surface area contributed by atoms with Crippen LogP contribution in [0.3, 0.4) is 0 Å². The Kier molecular flexibility index (Phi) is 6.06. The van der Waals surface area contributed by atoms with E-state index < -0.39 is 11.7 Å². The molecule has 8 heteroatoms. The van der Waals surface area contributed by atoms with E-state index in [0.29, 0.717) is 30.6 Å². The minimum Gasteiger partial charge on any atom is -0.341 e. The predicted molar refractivity (Wildman–Crippen MR) is 119 cm³/mol. The van der Waals surface area contributed by atoms with Crippen LogP contribution in [0.4, 0.5) is 24.5 Å². The molecule has 1 amide bonds. The molecule has 2 heterocycles. The average Bonchev–Trinajstić information content (AvgIpc) is 2.79. The molecule has 1 saturated heterocycles. The van der Waals surface area contributed by atoms with E-state index in [1.165, 1.54) is 12.3 Å². The Morgan fingerprint density at radius 2 is 1.72 bits per heavy atom. The lowest BCUT2D eigenvalue weighted by atomic mass is 10.1. The summed E-state index contributed by atoms with van der Waals surface area (Å²) in [4.78, 5) is 23.0. The van der Waals surface area contributed by atoms with Crippen LogP contribution in [-0.4, -0.2) is 60.5 Å². The molecule has 0 saturated carbocycles. The molecule has 1 aliphatic rings. The molecule has 2 aromatic carbocycles. The third-order valence-electron chi connectivity index (χ3n) is 5.87. The van der Waals surface area contributed by atoms with Crippen LogP contribution in [0.15, 0.2) is 54.7 Å². The van der Waals surface area contributed by atoms with Crippen molar-refractivity contribution in [3.8, 4) is 0 Å². The van der Waals surface area contributed by atoms with Gasteiger partial charge in [0, 0.05) is 55.6 Å². The first-order valence-electron chi connectivity index (χ1n) is 10.6. The van der Waals surface area contributed by atoms with Gasteiger partial charge < -0.3 is 14.7 Å². The van der Waals surface area contributed by atoms with E-state index in [1.807, 2.05) is 48.0 Å². The second kappa shape index (κ2) is 8.78. The van der Waals surface area contributed by atoms with Crippen LogP contribution in [0.5, 0.6) is 0 Å². The maximum Gasteiger partial charge on any atom is 0.416 e. The quantitative estimate of drug-likeness (QED) is 0.582. The first-order valence-corrected chi connectivity index (χ1v) is 10.6. The molecule has 1 aliphatic heterocycles. The number of benzene rings is 2. The zero-order valence-corrected chi connectivity index (χ0v) is 18.1. The van der Waals surface area contributed by atoms with Gasteiger partial charge in [-0.05, 0) is 56.4 Å². The number of carbonyl (C=O) groups is 1. The smallest absolute Gasteiger partial charge is 0.341 e. The van der Waals surface area contributed by atoms with Crippen molar-refractivity contribution in [3.63, 3.8) is 0 Å². The summed E-state index contributed by atoms with van der Waals surface area (Å²) >= 11 is 0. The summed E-state index contributed by atoms with van der Waals surface area (Å²) in [7, 11) is 2.04. The Morgan fingerprint density at radius 1 is 1.03 bits per heavy atom.